The van der Waals surface area contributed by atoms with Crippen molar-refractivity contribution in [3.63, 3.8) is 0 Å². The monoisotopic (exact) mass is 453 g/mol. The molecule has 3 heterocycles. The topological polar surface area (TPSA) is 139 Å². The molecule has 0 fully saturated rings. The summed E-state index contributed by atoms with van der Waals surface area (Å²) < 4.78 is 10.5. The Labute approximate surface area is 191 Å². The molecule has 3 aromatic heterocycles. The third kappa shape index (κ3) is 5.44. The fourth-order valence-electron chi connectivity index (χ4n) is 3.70. The number of pyridine rings is 1. The number of likely N-dealkylation sites (N-methyl/N-ethyl adjacent to an activating group) is 1. The molecule has 4 rings (SSSR count). The molecular weight excluding hydrogens is 426 g/mol. The second-order valence-electron chi connectivity index (χ2n) is 7.60. The minimum atomic E-state index is -0.901. The Morgan fingerprint density at radius 2 is 2.06 bits per heavy atom. The standard InChI is InChI=1S/C22H27N7O4/c1-29(13-19(31)25-18-6-7-20(32-2)28-27-18)22-15-4-3-5-16(15)24-21(26-22)17-12-14(8-9-23-17)33-11-10-30/h6-9,12,19,30-31H,3-5,10-11,13H2,1-2H3,(H,25,27). The summed E-state index contributed by atoms with van der Waals surface area (Å²) in [6.07, 6.45) is 3.49. The van der Waals surface area contributed by atoms with E-state index >= 15 is 0 Å². The van der Waals surface area contributed by atoms with Crippen LogP contribution in [0, 0.1) is 0 Å². The van der Waals surface area contributed by atoms with Gasteiger partial charge in [0.1, 0.15) is 30.1 Å². The molecule has 33 heavy (non-hydrogen) atoms. The summed E-state index contributed by atoms with van der Waals surface area (Å²) in [5, 5.41) is 30.4. The molecule has 1 unspecified atom stereocenters. The third-order valence-electron chi connectivity index (χ3n) is 5.20. The second-order valence-corrected chi connectivity index (χ2v) is 7.60. The summed E-state index contributed by atoms with van der Waals surface area (Å²) in [5.74, 6) is 2.69. The number of aryl methyl sites for hydroxylation is 1. The molecule has 0 radical (unpaired) electrons. The van der Waals surface area contributed by atoms with Gasteiger partial charge in [0.2, 0.25) is 5.88 Å². The van der Waals surface area contributed by atoms with Crippen molar-refractivity contribution in [3.8, 4) is 23.1 Å². The first-order valence-electron chi connectivity index (χ1n) is 10.7. The van der Waals surface area contributed by atoms with E-state index in [2.05, 4.69) is 20.5 Å². The first-order chi connectivity index (χ1) is 16.1. The van der Waals surface area contributed by atoms with E-state index in [0.29, 0.717) is 29.0 Å². The van der Waals surface area contributed by atoms with Gasteiger partial charge in [-0.05, 0) is 31.4 Å². The highest BCUT2D eigenvalue weighted by atomic mass is 16.5. The minimum Gasteiger partial charge on any atom is -0.491 e. The van der Waals surface area contributed by atoms with E-state index in [9.17, 15) is 5.11 Å². The summed E-state index contributed by atoms with van der Waals surface area (Å²) >= 11 is 0. The number of fused-ring (bicyclic) bond motifs is 1. The van der Waals surface area contributed by atoms with E-state index in [4.69, 9.17) is 24.5 Å². The van der Waals surface area contributed by atoms with Crippen molar-refractivity contribution in [2.45, 2.75) is 25.5 Å². The molecule has 1 aliphatic carbocycles. The Kier molecular flexibility index (Phi) is 7.10. The van der Waals surface area contributed by atoms with Crippen molar-refractivity contribution in [3.05, 3.63) is 41.7 Å². The Balaban J connectivity index is 1.53. The number of hydrogen-bond donors (Lipinski definition) is 3. The number of anilines is 2. The van der Waals surface area contributed by atoms with Gasteiger partial charge in [-0.15, -0.1) is 10.2 Å². The smallest absolute Gasteiger partial charge is 0.233 e. The number of methoxy groups -OCH3 is 1. The fourth-order valence-corrected chi connectivity index (χ4v) is 3.70. The number of rotatable bonds is 10. The third-order valence-corrected chi connectivity index (χ3v) is 5.20. The molecule has 3 N–H and O–H groups in total. The van der Waals surface area contributed by atoms with Crippen LogP contribution < -0.4 is 19.7 Å². The maximum absolute atomic E-state index is 10.6. The minimum absolute atomic E-state index is 0.0690. The van der Waals surface area contributed by atoms with Crippen LogP contribution in [-0.2, 0) is 12.8 Å². The Hall–Kier alpha value is -3.57. The van der Waals surface area contributed by atoms with E-state index in [1.54, 1.807) is 30.5 Å². The molecule has 0 saturated carbocycles. The molecule has 1 aliphatic rings. The Bertz CT molecular complexity index is 1080. The molecule has 0 bridgehead atoms. The summed E-state index contributed by atoms with van der Waals surface area (Å²) in [6, 6.07) is 6.84. The van der Waals surface area contributed by atoms with Crippen molar-refractivity contribution < 1.29 is 19.7 Å². The van der Waals surface area contributed by atoms with E-state index in [1.165, 1.54) is 7.11 Å². The van der Waals surface area contributed by atoms with E-state index < -0.39 is 6.23 Å². The van der Waals surface area contributed by atoms with Crippen LogP contribution in [0.25, 0.3) is 11.5 Å². The lowest BCUT2D eigenvalue weighted by Gasteiger charge is -2.25. The highest BCUT2D eigenvalue weighted by Gasteiger charge is 2.23. The zero-order chi connectivity index (χ0) is 23.2. The Morgan fingerprint density at radius 3 is 2.82 bits per heavy atom. The molecule has 0 amide bonds. The van der Waals surface area contributed by atoms with Crippen molar-refractivity contribution >= 4 is 11.6 Å². The van der Waals surface area contributed by atoms with Gasteiger partial charge in [0.05, 0.1) is 20.3 Å². The average Bonchev–Trinajstić information content (AvgIpc) is 3.31. The zero-order valence-corrected chi connectivity index (χ0v) is 18.6. The van der Waals surface area contributed by atoms with Gasteiger partial charge in [0, 0.05) is 36.6 Å². The number of aromatic nitrogens is 5. The number of aliphatic hydroxyl groups excluding tert-OH is 2. The molecule has 0 spiro atoms. The summed E-state index contributed by atoms with van der Waals surface area (Å²) in [6.45, 7) is 0.399. The summed E-state index contributed by atoms with van der Waals surface area (Å²) in [4.78, 5) is 15.8. The van der Waals surface area contributed by atoms with Crippen LogP contribution in [0.5, 0.6) is 11.6 Å². The highest BCUT2D eigenvalue weighted by Crippen LogP contribution is 2.31. The van der Waals surface area contributed by atoms with Crippen molar-refractivity contribution in [1.29, 1.82) is 0 Å². The summed E-state index contributed by atoms with van der Waals surface area (Å²) in [5.41, 5.74) is 2.67. The van der Waals surface area contributed by atoms with Gasteiger partial charge in [-0.3, -0.25) is 4.98 Å². The van der Waals surface area contributed by atoms with Gasteiger partial charge >= 0.3 is 0 Å². The molecular formula is C22H27N7O4. The molecule has 174 valence electrons. The molecule has 0 saturated heterocycles. The van der Waals surface area contributed by atoms with Gasteiger partial charge in [0.15, 0.2) is 11.6 Å². The SMILES string of the molecule is COc1ccc(NC(O)CN(C)c2nc(-c3cc(OCCO)ccn3)nc3c2CCC3)nn1. The zero-order valence-electron chi connectivity index (χ0n) is 18.6. The van der Waals surface area contributed by atoms with Crippen molar-refractivity contribution in [2.24, 2.45) is 0 Å². The lowest BCUT2D eigenvalue weighted by atomic mass is 10.2. The lowest BCUT2D eigenvalue weighted by molar-refractivity contribution is 0.201. The van der Waals surface area contributed by atoms with E-state index in [1.807, 2.05) is 11.9 Å². The molecule has 11 heteroatoms. The summed E-state index contributed by atoms with van der Waals surface area (Å²) in [7, 11) is 3.40. The first kappa shape index (κ1) is 22.6. The van der Waals surface area contributed by atoms with E-state index in [-0.39, 0.29) is 19.8 Å². The predicted molar refractivity (Wildman–Crippen MR) is 121 cm³/mol. The highest BCUT2D eigenvalue weighted by molar-refractivity contribution is 5.60. The molecule has 11 nitrogen and oxygen atoms in total. The number of hydrogen-bond acceptors (Lipinski definition) is 11. The van der Waals surface area contributed by atoms with E-state index in [0.717, 1.165) is 36.3 Å². The molecule has 3 aromatic rings. The number of aliphatic hydroxyl groups is 2. The van der Waals surface area contributed by atoms with Gasteiger partial charge in [-0.2, -0.15) is 0 Å². The Morgan fingerprint density at radius 1 is 1.18 bits per heavy atom. The normalized spacial score (nSPS) is 13.3. The van der Waals surface area contributed by atoms with Crippen LogP contribution in [0.1, 0.15) is 17.7 Å². The van der Waals surface area contributed by atoms with Crippen molar-refractivity contribution in [2.75, 3.05) is 44.1 Å². The number of nitrogens with one attached hydrogen (secondary N) is 1. The first-order valence-corrected chi connectivity index (χ1v) is 10.7. The van der Waals surface area contributed by atoms with Crippen LogP contribution in [0.4, 0.5) is 11.6 Å². The second kappa shape index (κ2) is 10.4. The molecule has 1 atom stereocenters. The van der Waals surface area contributed by atoms with Crippen molar-refractivity contribution in [1.82, 2.24) is 25.1 Å². The maximum Gasteiger partial charge on any atom is 0.233 e. The van der Waals surface area contributed by atoms with Crippen LogP contribution in [0.3, 0.4) is 0 Å². The lowest BCUT2D eigenvalue weighted by Crippen LogP contribution is -2.35. The molecule has 0 aromatic carbocycles. The average molecular weight is 454 g/mol. The number of nitrogens with zero attached hydrogens (tertiary/aromatic N) is 6. The predicted octanol–water partition coefficient (Wildman–Crippen LogP) is 1.06. The van der Waals surface area contributed by atoms with Crippen LogP contribution >= 0.6 is 0 Å². The number of ether oxygens (including phenoxy) is 2. The van der Waals surface area contributed by atoms with Gasteiger partial charge in [-0.25, -0.2) is 9.97 Å². The fraction of sp³-hybridized carbons (Fsp3) is 0.409. The van der Waals surface area contributed by atoms with Crippen LogP contribution in [-0.4, -0.2) is 75.5 Å². The molecule has 0 aliphatic heterocycles. The van der Waals surface area contributed by atoms with Gasteiger partial charge < -0.3 is 29.9 Å². The van der Waals surface area contributed by atoms with Crippen LogP contribution in [0.15, 0.2) is 30.5 Å². The van der Waals surface area contributed by atoms with Gasteiger partial charge in [-0.1, -0.05) is 0 Å². The maximum atomic E-state index is 10.6. The quantitative estimate of drug-likeness (QED) is 0.380. The van der Waals surface area contributed by atoms with Gasteiger partial charge in [0.25, 0.3) is 0 Å². The largest absolute Gasteiger partial charge is 0.491 e. The van der Waals surface area contributed by atoms with Crippen LogP contribution in [0.2, 0.25) is 0 Å².